The molecule has 0 aliphatic carbocycles. The van der Waals surface area contributed by atoms with Crippen LogP contribution in [0.1, 0.15) is 12.5 Å². The van der Waals surface area contributed by atoms with Crippen LogP contribution in [0, 0.1) is 5.82 Å². The molecule has 2 heterocycles. The van der Waals surface area contributed by atoms with Crippen LogP contribution in [-0.4, -0.2) is 45.5 Å². The number of hydrogen-bond donors (Lipinski definition) is 1. The lowest BCUT2D eigenvalue weighted by molar-refractivity contribution is -0.123. The zero-order valence-corrected chi connectivity index (χ0v) is 17.5. The molecule has 2 aromatic carbocycles. The third-order valence-corrected chi connectivity index (χ3v) is 4.73. The lowest BCUT2D eigenvalue weighted by Gasteiger charge is -2.11. The van der Waals surface area contributed by atoms with E-state index in [1.165, 1.54) is 16.6 Å². The van der Waals surface area contributed by atoms with Crippen LogP contribution in [0.4, 0.5) is 4.39 Å². The molecule has 32 heavy (non-hydrogen) atoms. The Morgan fingerprint density at radius 2 is 1.84 bits per heavy atom. The Morgan fingerprint density at radius 1 is 1.03 bits per heavy atom. The molecule has 9 heteroatoms. The van der Waals surface area contributed by atoms with Crippen molar-refractivity contribution in [1.82, 2.24) is 25.1 Å². The van der Waals surface area contributed by atoms with Gasteiger partial charge in [-0.2, -0.15) is 4.52 Å². The van der Waals surface area contributed by atoms with Gasteiger partial charge in [0.05, 0.1) is 6.54 Å². The molecule has 4 rings (SSSR count). The van der Waals surface area contributed by atoms with Gasteiger partial charge in [0.2, 0.25) is 5.88 Å². The van der Waals surface area contributed by atoms with Crippen molar-refractivity contribution in [2.24, 2.45) is 0 Å². The lowest BCUT2D eigenvalue weighted by Crippen LogP contribution is -2.32. The summed E-state index contributed by atoms with van der Waals surface area (Å²) in [6, 6.07) is 17.0. The van der Waals surface area contributed by atoms with Crippen molar-refractivity contribution in [3.63, 3.8) is 0 Å². The van der Waals surface area contributed by atoms with Gasteiger partial charge >= 0.3 is 0 Å². The summed E-state index contributed by atoms with van der Waals surface area (Å²) < 4.78 is 26.0. The van der Waals surface area contributed by atoms with Gasteiger partial charge in [0.15, 0.2) is 18.1 Å². The standard InChI is InChI=1S/C23H22FN5O3/c1-2-16-5-3-4-6-19(16)32-15-21(30)25-13-14-31-22-12-11-20-26-27-23(29(20)28-22)17-7-9-18(24)10-8-17/h3-12H,2,13-15H2,1H3,(H,25,30). The molecule has 1 N–H and O–H groups in total. The van der Waals surface area contributed by atoms with Gasteiger partial charge in [-0.15, -0.1) is 15.3 Å². The number of para-hydroxylation sites is 1. The fourth-order valence-electron chi connectivity index (χ4n) is 3.11. The number of carbonyl (C=O) groups excluding carboxylic acids is 1. The van der Waals surface area contributed by atoms with Crippen LogP contribution in [0.2, 0.25) is 0 Å². The molecule has 0 atom stereocenters. The zero-order chi connectivity index (χ0) is 22.3. The highest BCUT2D eigenvalue weighted by Gasteiger charge is 2.11. The Labute approximate surface area is 184 Å². The van der Waals surface area contributed by atoms with E-state index in [1.54, 1.807) is 24.3 Å². The Bertz CT molecular complexity index is 1210. The number of hydrogen-bond acceptors (Lipinski definition) is 6. The Balaban J connectivity index is 1.29. The number of amides is 1. The first-order valence-corrected chi connectivity index (χ1v) is 10.2. The second-order valence-electron chi connectivity index (χ2n) is 6.92. The van der Waals surface area contributed by atoms with Crippen LogP contribution in [-0.2, 0) is 11.2 Å². The van der Waals surface area contributed by atoms with E-state index in [2.05, 4.69) is 20.6 Å². The number of aromatic nitrogens is 4. The van der Waals surface area contributed by atoms with Gasteiger partial charge in [-0.25, -0.2) is 4.39 Å². The number of fused-ring (bicyclic) bond motifs is 1. The smallest absolute Gasteiger partial charge is 0.258 e. The van der Waals surface area contributed by atoms with Gasteiger partial charge in [0.25, 0.3) is 5.91 Å². The maximum Gasteiger partial charge on any atom is 0.258 e. The summed E-state index contributed by atoms with van der Waals surface area (Å²) in [6.07, 6.45) is 0.832. The van der Waals surface area contributed by atoms with E-state index in [-0.39, 0.29) is 24.9 Å². The van der Waals surface area contributed by atoms with Crippen LogP contribution in [0.25, 0.3) is 17.0 Å². The summed E-state index contributed by atoms with van der Waals surface area (Å²) in [5.41, 5.74) is 2.27. The number of carbonyl (C=O) groups is 1. The second-order valence-corrected chi connectivity index (χ2v) is 6.92. The Kier molecular flexibility index (Phi) is 6.54. The molecule has 0 radical (unpaired) electrons. The fraction of sp³-hybridized carbons (Fsp3) is 0.217. The quantitative estimate of drug-likeness (QED) is 0.407. The minimum Gasteiger partial charge on any atom is -0.483 e. The summed E-state index contributed by atoms with van der Waals surface area (Å²) in [6.45, 7) is 2.49. The molecule has 8 nitrogen and oxygen atoms in total. The first-order valence-electron chi connectivity index (χ1n) is 10.2. The third kappa shape index (κ3) is 5.00. The van der Waals surface area contributed by atoms with Gasteiger partial charge in [-0.3, -0.25) is 4.79 Å². The third-order valence-electron chi connectivity index (χ3n) is 4.73. The molecule has 0 aliphatic rings. The molecule has 0 spiro atoms. The monoisotopic (exact) mass is 435 g/mol. The average Bonchev–Trinajstić information content (AvgIpc) is 3.24. The largest absolute Gasteiger partial charge is 0.483 e. The normalized spacial score (nSPS) is 10.8. The molecule has 0 bridgehead atoms. The highest BCUT2D eigenvalue weighted by molar-refractivity contribution is 5.77. The maximum atomic E-state index is 13.2. The molecule has 0 unspecified atom stereocenters. The van der Waals surface area contributed by atoms with Gasteiger partial charge < -0.3 is 14.8 Å². The molecule has 0 saturated heterocycles. The molecular weight excluding hydrogens is 413 g/mol. The minimum absolute atomic E-state index is 0.0665. The Morgan fingerprint density at radius 3 is 2.66 bits per heavy atom. The van der Waals surface area contributed by atoms with Crippen LogP contribution < -0.4 is 14.8 Å². The van der Waals surface area contributed by atoms with E-state index in [0.29, 0.717) is 35.2 Å². The summed E-state index contributed by atoms with van der Waals surface area (Å²) in [5, 5.41) is 15.3. The summed E-state index contributed by atoms with van der Waals surface area (Å²) in [7, 11) is 0. The van der Waals surface area contributed by atoms with Crippen molar-refractivity contribution in [2.75, 3.05) is 19.8 Å². The van der Waals surface area contributed by atoms with E-state index >= 15 is 0 Å². The molecule has 1 amide bonds. The topological polar surface area (TPSA) is 90.6 Å². The first kappa shape index (κ1) is 21.2. The summed E-state index contributed by atoms with van der Waals surface area (Å²) in [4.78, 5) is 12.0. The molecule has 4 aromatic rings. The van der Waals surface area contributed by atoms with Gasteiger partial charge in [0.1, 0.15) is 18.2 Å². The molecule has 0 saturated carbocycles. The average molecular weight is 435 g/mol. The number of ether oxygens (including phenoxy) is 2. The SMILES string of the molecule is CCc1ccccc1OCC(=O)NCCOc1ccc2nnc(-c3ccc(F)cc3)n2n1. The van der Waals surface area contributed by atoms with Crippen molar-refractivity contribution in [1.29, 1.82) is 0 Å². The van der Waals surface area contributed by atoms with Crippen LogP contribution in [0.5, 0.6) is 11.6 Å². The lowest BCUT2D eigenvalue weighted by atomic mass is 10.1. The fourth-order valence-corrected chi connectivity index (χ4v) is 3.11. The molecule has 164 valence electrons. The molecule has 0 aliphatic heterocycles. The summed E-state index contributed by atoms with van der Waals surface area (Å²) in [5.74, 6) is 0.970. The predicted octanol–water partition coefficient (Wildman–Crippen LogP) is 3.07. The van der Waals surface area contributed by atoms with Crippen molar-refractivity contribution in [3.05, 3.63) is 72.0 Å². The van der Waals surface area contributed by atoms with Crippen LogP contribution >= 0.6 is 0 Å². The predicted molar refractivity (Wildman–Crippen MR) is 116 cm³/mol. The van der Waals surface area contributed by atoms with E-state index < -0.39 is 0 Å². The van der Waals surface area contributed by atoms with Crippen molar-refractivity contribution < 1.29 is 18.7 Å². The zero-order valence-electron chi connectivity index (χ0n) is 17.5. The van der Waals surface area contributed by atoms with E-state index in [0.717, 1.165) is 12.0 Å². The summed E-state index contributed by atoms with van der Waals surface area (Å²) >= 11 is 0. The number of nitrogens with one attached hydrogen (secondary N) is 1. The minimum atomic E-state index is -0.332. The van der Waals surface area contributed by atoms with Gasteiger partial charge in [-0.05, 0) is 48.4 Å². The Hall–Kier alpha value is -4.01. The van der Waals surface area contributed by atoms with E-state index in [4.69, 9.17) is 9.47 Å². The molecule has 2 aromatic heterocycles. The number of nitrogens with zero attached hydrogens (tertiary/aromatic N) is 4. The van der Waals surface area contributed by atoms with Gasteiger partial charge in [0, 0.05) is 11.6 Å². The van der Waals surface area contributed by atoms with Crippen LogP contribution in [0.3, 0.4) is 0 Å². The molecular formula is C23H22FN5O3. The second kappa shape index (κ2) is 9.86. The maximum absolute atomic E-state index is 13.2. The number of benzene rings is 2. The van der Waals surface area contributed by atoms with Crippen molar-refractivity contribution >= 4 is 11.6 Å². The molecule has 0 fully saturated rings. The first-order chi connectivity index (χ1) is 15.6. The van der Waals surface area contributed by atoms with Crippen molar-refractivity contribution in [3.8, 4) is 23.0 Å². The number of aryl methyl sites for hydroxylation is 1. The highest BCUT2D eigenvalue weighted by Crippen LogP contribution is 2.20. The highest BCUT2D eigenvalue weighted by atomic mass is 19.1. The van der Waals surface area contributed by atoms with Crippen LogP contribution in [0.15, 0.2) is 60.7 Å². The number of halogens is 1. The van der Waals surface area contributed by atoms with Gasteiger partial charge in [-0.1, -0.05) is 25.1 Å². The van der Waals surface area contributed by atoms with Crippen molar-refractivity contribution in [2.45, 2.75) is 13.3 Å². The van der Waals surface area contributed by atoms with E-state index in [1.807, 2.05) is 31.2 Å². The van der Waals surface area contributed by atoms with E-state index in [9.17, 15) is 9.18 Å². The number of rotatable bonds is 9.